The lowest BCUT2D eigenvalue weighted by molar-refractivity contribution is 0.0217. The van der Waals surface area contributed by atoms with E-state index in [-0.39, 0.29) is 12.6 Å². The van der Waals surface area contributed by atoms with Crippen molar-refractivity contribution >= 4 is 0 Å². The number of aliphatic hydroxyl groups excluding tert-OH is 1. The van der Waals surface area contributed by atoms with Crippen LogP contribution in [0.15, 0.2) is 33.3 Å². The molecular weight excluding hydrogens is 270 g/mol. The summed E-state index contributed by atoms with van der Waals surface area (Å²) < 4.78 is 16.1. The first kappa shape index (κ1) is 15.8. The highest BCUT2D eigenvalue weighted by molar-refractivity contribution is 5.23. The summed E-state index contributed by atoms with van der Waals surface area (Å²) >= 11 is 0. The topological polar surface area (TPSA) is 67.8 Å². The molecule has 0 saturated heterocycles. The van der Waals surface area contributed by atoms with E-state index in [0.717, 1.165) is 22.8 Å². The highest BCUT2D eigenvalue weighted by atomic mass is 16.5. The van der Waals surface area contributed by atoms with Gasteiger partial charge in [0.2, 0.25) is 0 Å². The third-order valence-electron chi connectivity index (χ3n) is 3.34. The quantitative estimate of drug-likeness (QED) is 0.783. The highest BCUT2D eigenvalue weighted by Crippen LogP contribution is 2.20. The molecule has 0 aliphatic carbocycles. The minimum Gasteiger partial charge on any atom is -0.467 e. The summed E-state index contributed by atoms with van der Waals surface area (Å²) in [4.78, 5) is 0. The summed E-state index contributed by atoms with van der Waals surface area (Å²) in [6.45, 7) is 7.03. The van der Waals surface area contributed by atoms with E-state index in [1.165, 1.54) is 0 Å². The minimum atomic E-state index is -0.560. The van der Waals surface area contributed by atoms with Gasteiger partial charge < -0.3 is 24.0 Å². The van der Waals surface area contributed by atoms with E-state index < -0.39 is 6.10 Å². The van der Waals surface area contributed by atoms with Crippen molar-refractivity contribution in [2.24, 2.45) is 0 Å². The summed E-state index contributed by atoms with van der Waals surface area (Å²) in [6, 6.07) is 5.80. The molecule has 2 N–H and O–H groups in total. The molecular formula is C16H23NO4. The molecule has 5 nitrogen and oxygen atoms in total. The second-order valence-corrected chi connectivity index (χ2v) is 5.25. The van der Waals surface area contributed by atoms with Gasteiger partial charge in [0.15, 0.2) is 0 Å². The zero-order valence-corrected chi connectivity index (χ0v) is 12.8. The standard InChI is InChI=1S/C16H23NO4/c1-11-7-16(13(3)21-11)12(2)17-8-14(18)9-19-10-15-5-4-6-20-15/h4-7,12,14,17-18H,8-10H2,1-3H3. The van der Waals surface area contributed by atoms with Crippen LogP contribution >= 0.6 is 0 Å². The van der Waals surface area contributed by atoms with E-state index in [4.69, 9.17) is 13.6 Å². The van der Waals surface area contributed by atoms with E-state index in [2.05, 4.69) is 5.32 Å². The molecule has 0 aromatic carbocycles. The molecule has 0 radical (unpaired) electrons. The van der Waals surface area contributed by atoms with Crippen LogP contribution in [0, 0.1) is 13.8 Å². The Hall–Kier alpha value is -1.56. The maximum absolute atomic E-state index is 9.91. The third kappa shape index (κ3) is 4.74. The number of hydrogen-bond donors (Lipinski definition) is 2. The SMILES string of the molecule is Cc1cc(C(C)NCC(O)COCc2ccco2)c(C)o1. The first-order chi connectivity index (χ1) is 10.1. The van der Waals surface area contributed by atoms with Gasteiger partial charge in [0.1, 0.15) is 23.9 Å². The molecule has 116 valence electrons. The molecule has 5 heteroatoms. The Balaban J connectivity index is 1.68. The Bertz CT molecular complexity index is 532. The fourth-order valence-electron chi connectivity index (χ4n) is 2.25. The van der Waals surface area contributed by atoms with E-state index in [9.17, 15) is 5.11 Å². The van der Waals surface area contributed by atoms with Crippen molar-refractivity contribution in [3.63, 3.8) is 0 Å². The Morgan fingerprint density at radius 1 is 1.38 bits per heavy atom. The summed E-state index contributed by atoms with van der Waals surface area (Å²) in [7, 11) is 0. The summed E-state index contributed by atoms with van der Waals surface area (Å²) in [5.74, 6) is 2.57. The van der Waals surface area contributed by atoms with Crippen LogP contribution in [0.4, 0.5) is 0 Å². The van der Waals surface area contributed by atoms with E-state index >= 15 is 0 Å². The molecule has 2 atom stereocenters. The molecule has 0 spiro atoms. The average molecular weight is 293 g/mol. The highest BCUT2D eigenvalue weighted by Gasteiger charge is 2.14. The maximum atomic E-state index is 9.91. The van der Waals surface area contributed by atoms with Gasteiger partial charge in [0.25, 0.3) is 0 Å². The number of ether oxygens (including phenoxy) is 1. The molecule has 0 aliphatic heterocycles. The largest absolute Gasteiger partial charge is 0.467 e. The average Bonchev–Trinajstić information content (AvgIpc) is 3.06. The predicted molar refractivity (Wildman–Crippen MR) is 79.0 cm³/mol. The number of aryl methyl sites for hydroxylation is 2. The van der Waals surface area contributed by atoms with Crippen LogP contribution in [0.5, 0.6) is 0 Å². The normalized spacial score (nSPS) is 14.3. The first-order valence-electron chi connectivity index (χ1n) is 7.14. The fraction of sp³-hybridized carbons (Fsp3) is 0.500. The Kier molecular flexibility index (Phi) is 5.61. The molecule has 2 aromatic heterocycles. The van der Waals surface area contributed by atoms with Gasteiger partial charge in [-0.2, -0.15) is 0 Å². The van der Waals surface area contributed by atoms with Crippen molar-refractivity contribution in [1.29, 1.82) is 0 Å². The van der Waals surface area contributed by atoms with Crippen LogP contribution < -0.4 is 5.32 Å². The van der Waals surface area contributed by atoms with Crippen LogP contribution in [0.1, 0.15) is 35.8 Å². The molecule has 2 rings (SSSR count). The van der Waals surface area contributed by atoms with Crippen molar-refractivity contribution in [1.82, 2.24) is 5.32 Å². The van der Waals surface area contributed by atoms with Gasteiger partial charge in [-0.15, -0.1) is 0 Å². The van der Waals surface area contributed by atoms with Gasteiger partial charge in [0, 0.05) is 18.2 Å². The molecule has 0 bridgehead atoms. The number of nitrogens with one attached hydrogen (secondary N) is 1. The smallest absolute Gasteiger partial charge is 0.129 e. The molecule has 2 aromatic rings. The first-order valence-corrected chi connectivity index (χ1v) is 7.14. The lowest BCUT2D eigenvalue weighted by Gasteiger charge is -2.16. The van der Waals surface area contributed by atoms with Crippen LogP contribution in [-0.4, -0.2) is 24.4 Å². The van der Waals surface area contributed by atoms with Gasteiger partial charge in [-0.05, 0) is 39.0 Å². The molecule has 21 heavy (non-hydrogen) atoms. The van der Waals surface area contributed by atoms with Crippen LogP contribution in [0.3, 0.4) is 0 Å². The number of furan rings is 2. The zero-order chi connectivity index (χ0) is 15.2. The van der Waals surface area contributed by atoms with Gasteiger partial charge in [-0.25, -0.2) is 0 Å². The van der Waals surface area contributed by atoms with Crippen LogP contribution in [-0.2, 0) is 11.3 Å². The summed E-state index contributed by atoms with van der Waals surface area (Å²) in [6.07, 6.45) is 1.05. The van der Waals surface area contributed by atoms with Gasteiger partial charge in [-0.1, -0.05) is 0 Å². The lowest BCUT2D eigenvalue weighted by Crippen LogP contribution is -2.32. The van der Waals surface area contributed by atoms with E-state index in [1.54, 1.807) is 6.26 Å². The van der Waals surface area contributed by atoms with Crippen molar-refractivity contribution in [2.75, 3.05) is 13.2 Å². The van der Waals surface area contributed by atoms with Crippen molar-refractivity contribution < 1.29 is 18.7 Å². The van der Waals surface area contributed by atoms with Gasteiger partial charge in [0.05, 0.1) is 19.0 Å². The molecule has 0 fully saturated rings. The second-order valence-electron chi connectivity index (χ2n) is 5.25. The number of aliphatic hydroxyl groups is 1. The maximum Gasteiger partial charge on any atom is 0.129 e. The van der Waals surface area contributed by atoms with Crippen LogP contribution in [0.25, 0.3) is 0 Å². The summed E-state index contributed by atoms with van der Waals surface area (Å²) in [5.41, 5.74) is 1.12. The van der Waals surface area contributed by atoms with E-state index in [0.29, 0.717) is 13.2 Å². The minimum absolute atomic E-state index is 0.127. The van der Waals surface area contributed by atoms with Crippen molar-refractivity contribution in [3.05, 3.63) is 47.3 Å². The molecule has 2 unspecified atom stereocenters. The third-order valence-corrected chi connectivity index (χ3v) is 3.34. The zero-order valence-electron chi connectivity index (χ0n) is 12.8. The van der Waals surface area contributed by atoms with Gasteiger partial charge in [-0.3, -0.25) is 0 Å². The monoisotopic (exact) mass is 293 g/mol. The Morgan fingerprint density at radius 3 is 2.81 bits per heavy atom. The van der Waals surface area contributed by atoms with Crippen molar-refractivity contribution in [3.8, 4) is 0 Å². The number of rotatable bonds is 8. The van der Waals surface area contributed by atoms with E-state index in [1.807, 2.05) is 39.0 Å². The summed E-state index contributed by atoms with van der Waals surface area (Å²) in [5, 5.41) is 13.2. The second kappa shape index (κ2) is 7.45. The molecule has 0 amide bonds. The lowest BCUT2D eigenvalue weighted by atomic mass is 10.1. The van der Waals surface area contributed by atoms with Crippen molar-refractivity contribution in [2.45, 2.75) is 39.5 Å². The van der Waals surface area contributed by atoms with Crippen LogP contribution in [0.2, 0.25) is 0 Å². The molecule has 2 heterocycles. The predicted octanol–water partition coefficient (Wildman–Crippen LogP) is 2.72. The van der Waals surface area contributed by atoms with Gasteiger partial charge >= 0.3 is 0 Å². The fourth-order valence-corrected chi connectivity index (χ4v) is 2.25. The molecule has 0 aliphatic rings. The molecule has 0 saturated carbocycles. The number of hydrogen-bond acceptors (Lipinski definition) is 5. The Labute approximate surface area is 124 Å². The Morgan fingerprint density at radius 2 is 2.19 bits per heavy atom.